The van der Waals surface area contributed by atoms with Crippen LogP contribution in [0.3, 0.4) is 0 Å². The first-order valence-electron chi connectivity index (χ1n) is 8.07. The first kappa shape index (κ1) is 18.1. The third-order valence-corrected chi connectivity index (χ3v) is 4.09. The molecule has 130 valence electrons. The monoisotopic (exact) mass is 335 g/mol. The molecule has 0 saturated carbocycles. The van der Waals surface area contributed by atoms with Crippen molar-refractivity contribution in [2.24, 2.45) is 4.99 Å². The number of nitriles is 1. The summed E-state index contributed by atoms with van der Waals surface area (Å²) in [5.74, 6) is 0.701. The van der Waals surface area contributed by atoms with Gasteiger partial charge in [-0.15, -0.1) is 0 Å². The van der Waals surface area contributed by atoms with Gasteiger partial charge in [0.1, 0.15) is 0 Å². The fourth-order valence-corrected chi connectivity index (χ4v) is 2.73. The molecular weight excluding hydrogens is 312 g/mol. The highest BCUT2D eigenvalue weighted by Gasteiger charge is 2.21. The Labute approximate surface area is 141 Å². The van der Waals surface area contributed by atoms with Gasteiger partial charge in [-0.05, 0) is 30.5 Å². The third kappa shape index (κ3) is 5.78. The molecule has 1 aromatic rings. The van der Waals surface area contributed by atoms with Crippen LogP contribution in [-0.4, -0.2) is 50.0 Å². The predicted octanol–water partition coefficient (Wildman–Crippen LogP) is 1.95. The van der Waals surface area contributed by atoms with Crippen molar-refractivity contribution in [3.05, 3.63) is 35.4 Å². The number of nitrogens with one attached hydrogen (secondary N) is 2. The largest absolute Gasteiger partial charge is 0.354 e. The Morgan fingerprint density at radius 2 is 2.00 bits per heavy atom. The van der Waals surface area contributed by atoms with Crippen LogP contribution in [0.4, 0.5) is 8.78 Å². The van der Waals surface area contributed by atoms with Gasteiger partial charge in [-0.25, -0.2) is 8.78 Å². The molecule has 0 amide bonds. The lowest BCUT2D eigenvalue weighted by atomic mass is 10.1. The van der Waals surface area contributed by atoms with Gasteiger partial charge in [-0.2, -0.15) is 5.26 Å². The average Bonchev–Trinajstić information content (AvgIpc) is 2.60. The van der Waals surface area contributed by atoms with Crippen molar-refractivity contribution in [2.75, 3.05) is 26.7 Å². The maximum Gasteiger partial charge on any atom is 0.251 e. The van der Waals surface area contributed by atoms with Gasteiger partial charge in [0.2, 0.25) is 0 Å². The highest BCUT2D eigenvalue weighted by atomic mass is 19.3. The molecule has 0 bridgehead atoms. The maximum absolute atomic E-state index is 12.4. The van der Waals surface area contributed by atoms with E-state index in [0.29, 0.717) is 31.2 Å². The molecule has 0 spiro atoms. The third-order valence-electron chi connectivity index (χ3n) is 4.09. The molecule has 1 aliphatic rings. The SMILES string of the molecule is CN=C(NCc1ccc(C#N)cc1)NC1CCN(CC(F)F)CC1. The minimum atomic E-state index is -2.27. The number of likely N-dealkylation sites (tertiary alicyclic amines) is 1. The number of rotatable bonds is 5. The molecule has 1 heterocycles. The van der Waals surface area contributed by atoms with Gasteiger partial charge in [-0.1, -0.05) is 12.1 Å². The highest BCUT2D eigenvalue weighted by molar-refractivity contribution is 5.79. The van der Waals surface area contributed by atoms with E-state index < -0.39 is 6.43 Å². The summed E-state index contributed by atoms with van der Waals surface area (Å²) in [6, 6.07) is 9.71. The highest BCUT2D eigenvalue weighted by Crippen LogP contribution is 2.12. The Hall–Kier alpha value is -2.20. The van der Waals surface area contributed by atoms with Crippen molar-refractivity contribution >= 4 is 5.96 Å². The van der Waals surface area contributed by atoms with Crippen LogP contribution in [-0.2, 0) is 6.54 Å². The van der Waals surface area contributed by atoms with Crippen LogP contribution in [0.2, 0.25) is 0 Å². The molecule has 0 radical (unpaired) electrons. The fourth-order valence-electron chi connectivity index (χ4n) is 2.73. The smallest absolute Gasteiger partial charge is 0.251 e. The molecule has 2 rings (SSSR count). The molecule has 1 saturated heterocycles. The number of alkyl halides is 2. The van der Waals surface area contributed by atoms with Crippen LogP contribution < -0.4 is 10.6 Å². The molecule has 24 heavy (non-hydrogen) atoms. The van der Waals surface area contributed by atoms with E-state index in [2.05, 4.69) is 21.7 Å². The number of hydrogen-bond acceptors (Lipinski definition) is 3. The van der Waals surface area contributed by atoms with E-state index in [9.17, 15) is 8.78 Å². The van der Waals surface area contributed by atoms with Gasteiger partial charge in [0.25, 0.3) is 6.43 Å². The van der Waals surface area contributed by atoms with Gasteiger partial charge in [0, 0.05) is 32.7 Å². The first-order valence-corrected chi connectivity index (χ1v) is 8.07. The van der Waals surface area contributed by atoms with Gasteiger partial charge >= 0.3 is 0 Å². The number of nitrogens with zero attached hydrogens (tertiary/aromatic N) is 3. The molecular formula is C17H23F2N5. The normalized spacial score (nSPS) is 16.9. The van der Waals surface area contributed by atoms with E-state index in [1.807, 2.05) is 12.1 Å². The van der Waals surface area contributed by atoms with Crippen LogP contribution in [0, 0.1) is 11.3 Å². The lowest BCUT2D eigenvalue weighted by molar-refractivity contribution is 0.0744. The maximum atomic E-state index is 12.4. The van der Waals surface area contributed by atoms with E-state index >= 15 is 0 Å². The van der Waals surface area contributed by atoms with E-state index in [-0.39, 0.29) is 12.6 Å². The van der Waals surface area contributed by atoms with Crippen LogP contribution in [0.1, 0.15) is 24.0 Å². The Balaban J connectivity index is 1.75. The summed E-state index contributed by atoms with van der Waals surface area (Å²) < 4.78 is 24.8. The van der Waals surface area contributed by atoms with Crippen molar-refractivity contribution in [1.82, 2.24) is 15.5 Å². The van der Waals surface area contributed by atoms with E-state index in [1.165, 1.54) is 0 Å². The number of halogens is 2. The topological polar surface area (TPSA) is 63.5 Å². The average molecular weight is 335 g/mol. The van der Waals surface area contributed by atoms with Crippen LogP contribution >= 0.6 is 0 Å². The number of aliphatic imine (C=N–C) groups is 1. The minimum Gasteiger partial charge on any atom is -0.354 e. The lowest BCUT2D eigenvalue weighted by Crippen LogP contribution is -2.49. The molecule has 2 N–H and O–H groups in total. The Kier molecular flexibility index (Phi) is 6.94. The van der Waals surface area contributed by atoms with Gasteiger partial charge < -0.3 is 10.6 Å². The van der Waals surface area contributed by atoms with Crippen LogP contribution in [0.25, 0.3) is 0 Å². The summed E-state index contributed by atoms with van der Waals surface area (Å²) in [6.45, 7) is 1.82. The number of benzene rings is 1. The Morgan fingerprint density at radius 3 is 2.54 bits per heavy atom. The zero-order valence-electron chi connectivity index (χ0n) is 13.8. The quantitative estimate of drug-likeness (QED) is 0.638. The molecule has 7 heteroatoms. The molecule has 1 aliphatic heterocycles. The Morgan fingerprint density at radius 1 is 1.33 bits per heavy atom. The van der Waals surface area contributed by atoms with E-state index in [4.69, 9.17) is 5.26 Å². The lowest BCUT2D eigenvalue weighted by Gasteiger charge is -2.32. The molecule has 0 aliphatic carbocycles. The van der Waals surface area contributed by atoms with Gasteiger partial charge in [0.15, 0.2) is 5.96 Å². The number of hydrogen-bond donors (Lipinski definition) is 2. The van der Waals surface area contributed by atoms with E-state index in [0.717, 1.165) is 18.4 Å². The van der Waals surface area contributed by atoms with E-state index in [1.54, 1.807) is 24.1 Å². The summed E-state index contributed by atoms with van der Waals surface area (Å²) in [7, 11) is 1.71. The molecule has 1 fully saturated rings. The standard InChI is InChI=1S/C17H23F2N5/c1-21-17(22-11-14-4-2-13(10-20)3-5-14)23-15-6-8-24(9-7-15)12-16(18)19/h2-5,15-16H,6-9,11-12H2,1H3,(H2,21,22,23). The Bertz CT molecular complexity index is 572. The summed E-state index contributed by atoms with van der Waals surface area (Å²) in [5.41, 5.74) is 1.69. The minimum absolute atomic E-state index is 0.140. The van der Waals surface area contributed by atoms with Crippen molar-refractivity contribution in [1.29, 1.82) is 5.26 Å². The second kappa shape index (κ2) is 9.18. The molecule has 0 aromatic heterocycles. The van der Waals surface area contributed by atoms with Crippen molar-refractivity contribution in [3.63, 3.8) is 0 Å². The summed E-state index contributed by atoms with van der Waals surface area (Å²) in [5, 5.41) is 15.4. The first-order chi connectivity index (χ1) is 11.6. The molecule has 1 aromatic carbocycles. The van der Waals surface area contributed by atoms with Gasteiger partial charge in [-0.3, -0.25) is 9.89 Å². The van der Waals surface area contributed by atoms with Crippen LogP contribution in [0.5, 0.6) is 0 Å². The predicted molar refractivity (Wildman–Crippen MR) is 90.0 cm³/mol. The van der Waals surface area contributed by atoms with Crippen molar-refractivity contribution in [3.8, 4) is 6.07 Å². The zero-order chi connectivity index (χ0) is 17.4. The summed E-state index contributed by atoms with van der Waals surface area (Å²) in [4.78, 5) is 6.01. The summed E-state index contributed by atoms with van der Waals surface area (Å²) >= 11 is 0. The molecule has 0 atom stereocenters. The fraction of sp³-hybridized carbons (Fsp3) is 0.529. The summed E-state index contributed by atoms with van der Waals surface area (Å²) in [6.07, 6.45) is -0.620. The number of guanidine groups is 1. The van der Waals surface area contributed by atoms with Gasteiger partial charge in [0.05, 0.1) is 18.2 Å². The van der Waals surface area contributed by atoms with Crippen LogP contribution in [0.15, 0.2) is 29.3 Å². The second-order valence-corrected chi connectivity index (χ2v) is 5.84. The zero-order valence-corrected chi connectivity index (χ0v) is 13.8. The molecule has 5 nitrogen and oxygen atoms in total. The van der Waals surface area contributed by atoms with Crippen molar-refractivity contribution in [2.45, 2.75) is 31.9 Å². The molecule has 0 unspecified atom stereocenters. The van der Waals surface area contributed by atoms with Crippen molar-refractivity contribution < 1.29 is 8.78 Å². The number of piperidine rings is 1. The second-order valence-electron chi connectivity index (χ2n) is 5.84.